The van der Waals surface area contributed by atoms with E-state index in [0.29, 0.717) is 17.7 Å². The van der Waals surface area contributed by atoms with Gasteiger partial charge in [-0.1, -0.05) is 42.5 Å². The third-order valence-corrected chi connectivity index (χ3v) is 4.57. The number of benzene rings is 3. The number of aromatic carboxylic acids is 1. The summed E-state index contributed by atoms with van der Waals surface area (Å²) in [7, 11) is 0. The van der Waals surface area contributed by atoms with E-state index in [1.54, 1.807) is 12.1 Å². The van der Waals surface area contributed by atoms with Crippen LogP contribution in [0.2, 0.25) is 0 Å². The molecule has 0 unspecified atom stereocenters. The molecule has 0 aliphatic heterocycles. The normalized spacial score (nSPS) is 10.7. The monoisotopic (exact) mass is 350 g/mol. The Hall–Kier alpha value is -3.01. The molecule has 3 rings (SSSR count). The van der Waals surface area contributed by atoms with Crippen molar-refractivity contribution < 1.29 is 19.4 Å². The third kappa shape index (κ3) is 3.49. The van der Waals surface area contributed by atoms with Gasteiger partial charge in [0.25, 0.3) is 0 Å². The zero-order chi connectivity index (χ0) is 18.7. The largest absolute Gasteiger partial charge is 0.489 e. The Kier molecular flexibility index (Phi) is 5.12. The van der Waals surface area contributed by atoms with Gasteiger partial charge >= 0.3 is 5.97 Å². The van der Waals surface area contributed by atoms with Crippen LogP contribution in [0.3, 0.4) is 0 Å². The molecule has 0 saturated carbocycles. The summed E-state index contributed by atoms with van der Waals surface area (Å²) >= 11 is 0. The van der Waals surface area contributed by atoms with Gasteiger partial charge in [0.15, 0.2) is 0 Å². The van der Waals surface area contributed by atoms with Crippen LogP contribution in [0.5, 0.6) is 11.5 Å². The molecule has 1 N–H and O–H groups in total. The number of fused-ring (bicyclic) bond motifs is 1. The number of ether oxygens (including phenoxy) is 2. The van der Waals surface area contributed by atoms with Crippen LogP contribution in [0, 0.1) is 20.8 Å². The van der Waals surface area contributed by atoms with E-state index in [0.717, 1.165) is 22.3 Å². The van der Waals surface area contributed by atoms with Gasteiger partial charge in [-0.05, 0) is 54.3 Å². The van der Waals surface area contributed by atoms with E-state index >= 15 is 0 Å². The van der Waals surface area contributed by atoms with Crippen LogP contribution in [0.25, 0.3) is 10.8 Å². The number of hydrogen-bond acceptors (Lipinski definition) is 3. The molecule has 0 radical (unpaired) electrons. The highest BCUT2D eigenvalue weighted by atomic mass is 16.5. The molecule has 4 heteroatoms. The smallest absolute Gasteiger partial charge is 0.340 e. The number of carboxylic acid groups (broad SMARTS) is 1. The minimum absolute atomic E-state index is 0.186. The zero-order valence-electron chi connectivity index (χ0n) is 15.2. The molecule has 0 atom stereocenters. The number of carbonyl (C=O) groups is 1. The molecular formula is C22H22O4. The molecule has 3 aromatic carbocycles. The molecule has 0 heterocycles. The van der Waals surface area contributed by atoms with E-state index in [1.807, 2.05) is 51.1 Å². The highest BCUT2D eigenvalue weighted by Crippen LogP contribution is 2.29. The highest BCUT2D eigenvalue weighted by molar-refractivity contribution is 6.06. The Morgan fingerprint density at radius 1 is 0.885 bits per heavy atom. The highest BCUT2D eigenvalue weighted by Gasteiger charge is 2.15. The van der Waals surface area contributed by atoms with E-state index in [9.17, 15) is 9.90 Å². The first-order valence-electron chi connectivity index (χ1n) is 8.56. The van der Waals surface area contributed by atoms with Gasteiger partial charge in [0.1, 0.15) is 30.3 Å². The van der Waals surface area contributed by atoms with E-state index in [1.165, 1.54) is 5.56 Å². The average molecular weight is 350 g/mol. The van der Waals surface area contributed by atoms with Crippen LogP contribution in [0.1, 0.15) is 27.0 Å². The molecule has 0 aliphatic rings. The Morgan fingerprint density at radius 3 is 2.35 bits per heavy atom. The minimum Gasteiger partial charge on any atom is -0.489 e. The summed E-state index contributed by atoms with van der Waals surface area (Å²) in [5, 5.41) is 11.1. The number of hydrogen-bond donors (Lipinski definition) is 1. The predicted molar refractivity (Wildman–Crippen MR) is 103 cm³/mol. The molecule has 0 fully saturated rings. The fourth-order valence-electron chi connectivity index (χ4n) is 3.04. The van der Waals surface area contributed by atoms with Crippen molar-refractivity contribution in [3.63, 3.8) is 0 Å². The zero-order valence-corrected chi connectivity index (χ0v) is 15.2. The van der Waals surface area contributed by atoms with Crippen molar-refractivity contribution in [2.24, 2.45) is 0 Å². The lowest BCUT2D eigenvalue weighted by atomic mass is 10.0. The Morgan fingerprint density at radius 2 is 1.58 bits per heavy atom. The van der Waals surface area contributed by atoms with Crippen molar-refractivity contribution in [1.29, 1.82) is 0 Å². The van der Waals surface area contributed by atoms with Crippen LogP contribution in [-0.4, -0.2) is 24.3 Å². The number of aryl methyl sites for hydroxylation is 2. The molecule has 26 heavy (non-hydrogen) atoms. The second-order valence-corrected chi connectivity index (χ2v) is 6.32. The van der Waals surface area contributed by atoms with Gasteiger partial charge < -0.3 is 14.6 Å². The predicted octanol–water partition coefficient (Wildman–Crippen LogP) is 4.92. The summed E-state index contributed by atoms with van der Waals surface area (Å²) in [6, 6.07) is 15.1. The maximum Gasteiger partial charge on any atom is 0.340 e. The topological polar surface area (TPSA) is 55.8 Å². The maximum atomic E-state index is 11.7. The summed E-state index contributed by atoms with van der Waals surface area (Å²) < 4.78 is 11.6. The van der Waals surface area contributed by atoms with Crippen molar-refractivity contribution in [2.45, 2.75) is 20.8 Å². The molecule has 0 amide bonds. The molecule has 0 aromatic heterocycles. The lowest BCUT2D eigenvalue weighted by molar-refractivity contribution is 0.0693. The second kappa shape index (κ2) is 7.48. The van der Waals surface area contributed by atoms with Crippen molar-refractivity contribution in [2.75, 3.05) is 13.2 Å². The minimum atomic E-state index is -0.997. The van der Waals surface area contributed by atoms with Gasteiger partial charge in [-0.2, -0.15) is 0 Å². The first kappa shape index (κ1) is 17.8. The number of rotatable bonds is 6. The Bertz CT molecular complexity index is 960. The summed E-state index contributed by atoms with van der Waals surface area (Å²) in [5.41, 5.74) is 3.55. The van der Waals surface area contributed by atoms with Crippen molar-refractivity contribution in [3.05, 3.63) is 70.8 Å². The second-order valence-electron chi connectivity index (χ2n) is 6.32. The molecule has 0 saturated heterocycles. The molecule has 0 aliphatic carbocycles. The van der Waals surface area contributed by atoms with Crippen molar-refractivity contribution >= 4 is 16.7 Å². The van der Waals surface area contributed by atoms with Gasteiger partial charge in [-0.25, -0.2) is 4.79 Å². The van der Waals surface area contributed by atoms with Crippen LogP contribution < -0.4 is 9.47 Å². The first-order valence-corrected chi connectivity index (χ1v) is 8.56. The van der Waals surface area contributed by atoms with Crippen molar-refractivity contribution in [3.8, 4) is 11.5 Å². The summed E-state index contributed by atoms with van der Waals surface area (Å²) in [6.45, 7) is 6.70. The SMILES string of the molecule is Cc1ccc(C)c(OCCOc2ccc3ccccc3c2C(=O)O)c1C. The first-order chi connectivity index (χ1) is 12.5. The van der Waals surface area contributed by atoms with Crippen molar-refractivity contribution in [1.82, 2.24) is 0 Å². The van der Waals surface area contributed by atoms with E-state index < -0.39 is 5.97 Å². The van der Waals surface area contributed by atoms with Gasteiger partial charge in [-0.3, -0.25) is 0 Å². The lowest BCUT2D eigenvalue weighted by Gasteiger charge is -2.15. The quantitative estimate of drug-likeness (QED) is 0.641. The standard InChI is InChI=1S/C22H22O4/c1-14-8-9-15(2)21(16(14)3)26-13-12-25-19-11-10-17-6-4-5-7-18(17)20(19)22(23)24/h4-11H,12-13H2,1-3H3,(H,23,24). The van der Waals surface area contributed by atoms with Gasteiger partial charge in [0.05, 0.1) is 0 Å². The molecule has 0 bridgehead atoms. The lowest BCUT2D eigenvalue weighted by Crippen LogP contribution is -2.12. The Balaban J connectivity index is 1.74. The summed E-state index contributed by atoms with van der Waals surface area (Å²) in [4.78, 5) is 11.7. The van der Waals surface area contributed by atoms with Crippen LogP contribution >= 0.6 is 0 Å². The third-order valence-electron chi connectivity index (χ3n) is 4.57. The molecule has 3 aromatic rings. The maximum absolute atomic E-state index is 11.7. The fraction of sp³-hybridized carbons (Fsp3) is 0.227. The van der Waals surface area contributed by atoms with E-state index in [2.05, 4.69) is 6.07 Å². The average Bonchev–Trinajstić information content (AvgIpc) is 2.63. The molecule has 0 spiro atoms. The molecular weight excluding hydrogens is 328 g/mol. The van der Waals surface area contributed by atoms with Crippen LogP contribution in [-0.2, 0) is 0 Å². The Labute approximate surface area is 153 Å². The van der Waals surface area contributed by atoms with Gasteiger partial charge in [0, 0.05) is 0 Å². The summed E-state index contributed by atoms with van der Waals surface area (Å²) in [5.74, 6) is 0.228. The van der Waals surface area contributed by atoms with Gasteiger partial charge in [-0.15, -0.1) is 0 Å². The molecule has 4 nitrogen and oxygen atoms in total. The summed E-state index contributed by atoms with van der Waals surface area (Å²) in [6.07, 6.45) is 0. The molecule has 134 valence electrons. The van der Waals surface area contributed by atoms with E-state index in [4.69, 9.17) is 9.47 Å². The number of carboxylic acids is 1. The fourth-order valence-corrected chi connectivity index (χ4v) is 3.04. The van der Waals surface area contributed by atoms with Crippen LogP contribution in [0.4, 0.5) is 0 Å². The van der Waals surface area contributed by atoms with E-state index in [-0.39, 0.29) is 12.2 Å². The van der Waals surface area contributed by atoms with Crippen LogP contribution in [0.15, 0.2) is 48.5 Å². The van der Waals surface area contributed by atoms with Gasteiger partial charge in [0.2, 0.25) is 0 Å².